The topological polar surface area (TPSA) is 0 Å². The fourth-order valence-electron chi connectivity index (χ4n) is 2.39. The molecule has 0 spiro atoms. The van der Waals surface area contributed by atoms with Crippen molar-refractivity contribution in [2.75, 3.05) is 0 Å². The van der Waals surface area contributed by atoms with Gasteiger partial charge in [-0.2, -0.15) is 0 Å². The summed E-state index contributed by atoms with van der Waals surface area (Å²) in [6, 6.07) is 8.51. The van der Waals surface area contributed by atoms with Crippen LogP contribution in [0, 0.1) is 5.92 Å². The first-order valence-electron chi connectivity index (χ1n) is 5.63. The number of halogens is 2. The molecule has 2 rings (SSSR count). The van der Waals surface area contributed by atoms with E-state index in [0.717, 1.165) is 5.92 Å². The van der Waals surface area contributed by atoms with Gasteiger partial charge in [-0.3, -0.25) is 0 Å². The van der Waals surface area contributed by atoms with Crippen LogP contribution in [-0.2, 0) is 6.42 Å². The van der Waals surface area contributed by atoms with Crippen LogP contribution in [0.2, 0.25) is 0 Å². The van der Waals surface area contributed by atoms with E-state index >= 15 is 0 Å². The standard InChI is InChI=1S/C13H16BrCl/c14-13-7-2-1-5-11(13)8-10-4-3-6-12(15)9-10/h1-2,5,7,10,12H,3-4,6,8-9H2. The predicted octanol–water partition coefficient (Wildman–Crippen LogP) is 4.79. The quantitative estimate of drug-likeness (QED) is 0.686. The van der Waals surface area contributed by atoms with Crippen molar-refractivity contribution in [3.05, 3.63) is 34.3 Å². The fourth-order valence-corrected chi connectivity index (χ4v) is 3.24. The molecule has 0 aliphatic heterocycles. The third kappa shape index (κ3) is 3.22. The molecule has 0 nitrogen and oxygen atoms in total. The molecule has 1 fully saturated rings. The summed E-state index contributed by atoms with van der Waals surface area (Å²) in [6.45, 7) is 0. The van der Waals surface area contributed by atoms with Gasteiger partial charge in [-0.1, -0.05) is 47.0 Å². The maximum atomic E-state index is 6.21. The van der Waals surface area contributed by atoms with E-state index in [9.17, 15) is 0 Å². The molecule has 2 heteroatoms. The first-order chi connectivity index (χ1) is 7.25. The Morgan fingerprint density at radius 3 is 2.80 bits per heavy atom. The SMILES string of the molecule is ClC1CCCC(Cc2ccccc2Br)C1. The van der Waals surface area contributed by atoms with Gasteiger partial charge >= 0.3 is 0 Å². The molecule has 1 aromatic rings. The molecule has 1 aliphatic rings. The van der Waals surface area contributed by atoms with E-state index in [4.69, 9.17) is 11.6 Å². The summed E-state index contributed by atoms with van der Waals surface area (Å²) in [5.41, 5.74) is 1.42. The molecule has 2 unspecified atom stereocenters. The first-order valence-corrected chi connectivity index (χ1v) is 6.86. The molecular formula is C13H16BrCl. The zero-order chi connectivity index (χ0) is 10.7. The van der Waals surface area contributed by atoms with Crippen LogP contribution in [0.1, 0.15) is 31.2 Å². The molecule has 1 saturated carbocycles. The minimum atomic E-state index is 0.409. The molecule has 2 atom stereocenters. The van der Waals surface area contributed by atoms with Crippen LogP contribution in [0.5, 0.6) is 0 Å². The van der Waals surface area contributed by atoms with Gasteiger partial charge in [-0.25, -0.2) is 0 Å². The Bertz CT molecular complexity index is 324. The van der Waals surface area contributed by atoms with Crippen LogP contribution >= 0.6 is 27.5 Å². The second-order valence-corrected chi connectivity index (χ2v) is 5.90. The van der Waals surface area contributed by atoms with E-state index in [1.165, 1.54) is 42.1 Å². The highest BCUT2D eigenvalue weighted by molar-refractivity contribution is 9.10. The van der Waals surface area contributed by atoms with E-state index in [1.807, 2.05) is 0 Å². The number of alkyl halides is 1. The van der Waals surface area contributed by atoms with Crippen LogP contribution in [0.25, 0.3) is 0 Å². The Balaban J connectivity index is 1.99. The summed E-state index contributed by atoms with van der Waals surface area (Å²) in [7, 11) is 0. The number of hydrogen-bond acceptors (Lipinski definition) is 0. The maximum absolute atomic E-state index is 6.21. The zero-order valence-electron chi connectivity index (χ0n) is 8.76. The minimum Gasteiger partial charge on any atom is -0.123 e. The van der Waals surface area contributed by atoms with Gasteiger partial charge in [0.25, 0.3) is 0 Å². The van der Waals surface area contributed by atoms with Crippen molar-refractivity contribution in [3.8, 4) is 0 Å². The molecule has 82 valence electrons. The van der Waals surface area contributed by atoms with Gasteiger partial charge in [0.15, 0.2) is 0 Å². The Labute approximate surface area is 105 Å². The van der Waals surface area contributed by atoms with Gasteiger partial charge < -0.3 is 0 Å². The fraction of sp³-hybridized carbons (Fsp3) is 0.538. The molecule has 0 aromatic heterocycles. The van der Waals surface area contributed by atoms with Crippen molar-refractivity contribution >= 4 is 27.5 Å². The summed E-state index contributed by atoms with van der Waals surface area (Å²) < 4.78 is 1.24. The Kier molecular flexibility index (Phi) is 4.10. The molecule has 0 bridgehead atoms. The van der Waals surface area contributed by atoms with E-state index in [0.29, 0.717) is 5.38 Å². The normalized spacial score (nSPS) is 26.5. The van der Waals surface area contributed by atoms with Crippen LogP contribution in [0.4, 0.5) is 0 Å². The number of hydrogen-bond donors (Lipinski definition) is 0. The average Bonchev–Trinajstić information content (AvgIpc) is 2.22. The Morgan fingerprint density at radius 2 is 2.07 bits per heavy atom. The molecule has 0 amide bonds. The third-order valence-corrected chi connectivity index (χ3v) is 4.36. The first kappa shape index (κ1) is 11.5. The van der Waals surface area contributed by atoms with Crippen molar-refractivity contribution in [3.63, 3.8) is 0 Å². The monoisotopic (exact) mass is 286 g/mol. The zero-order valence-corrected chi connectivity index (χ0v) is 11.1. The largest absolute Gasteiger partial charge is 0.123 e. The lowest BCUT2D eigenvalue weighted by Gasteiger charge is -2.25. The van der Waals surface area contributed by atoms with E-state index in [2.05, 4.69) is 40.2 Å². The third-order valence-electron chi connectivity index (χ3n) is 3.19. The molecule has 15 heavy (non-hydrogen) atoms. The second kappa shape index (κ2) is 5.36. The maximum Gasteiger partial charge on any atom is 0.0338 e. The van der Waals surface area contributed by atoms with Gasteiger partial charge in [-0.05, 0) is 36.8 Å². The summed E-state index contributed by atoms with van der Waals surface area (Å²) in [5.74, 6) is 0.778. The highest BCUT2D eigenvalue weighted by Gasteiger charge is 2.20. The highest BCUT2D eigenvalue weighted by atomic mass is 79.9. The summed E-state index contributed by atoms with van der Waals surface area (Å²) in [4.78, 5) is 0. The van der Waals surface area contributed by atoms with Gasteiger partial charge in [0.1, 0.15) is 0 Å². The lowest BCUT2D eigenvalue weighted by atomic mass is 9.84. The molecule has 1 aromatic carbocycles. The van der Waals surface area contributed by atoms with Crippen LogP contribution < -0.4 is 0 Å². The average molecular weight is 288 g/mol. The molecule has 1 aliphatic carbocycles. The number of rotatable bonds is 2. The van der Waals surface area contributed by atoms with E-state index in [-0.39, 0.29) is 0 Å². The minimum absolute atomic E-state index is 0.409. The molecule has 0 heterocycles. The number of benzene rings is 1. The second-order valence-electron chi connectivity index (χ2n) is 4.43. The van der Waals surface area contributed by atoms with E-state index < -0.39 is 0 Å². The Hall–Kier alpha value is -0.0100. The van der Waals surface area contributed by atoms with Gasteiger partial charge in [0.2, 0.25) is 0 Å². The molecule has 0 N–H and O–H groups in total. The van der Waals surface area contributed by atoms with Crippen molar-refractivity contribution in [2.24, 2.45) is 5.92 Å². The van der Waals surface area contributed by atoms with Crippen molar-refractivity contribution in [2.45, 2.75) is 37.5 Å². The lowest BCUT2D eigenvalue weighted by Crippen LogP contribution is -2.17. The summed E-state index contributed by atoms with van der Waals surface area (Å²) in [5, 5.41) is 0.409. The molecule has 0 radical (unpaired) electrons. The van der Waals surface area contributed by atoms with Crippen molar-refractivity contribution < 1.29 is 0 Å². The van der Waals surface area contributed by atoms with Gasteiger partial charge in [0.05, 0.1) is 0 Å². The Morgan fingerprint density at radius 1 is 1.27 bits per heavy atom. The molecular weight excluding hydrogens is 271 g/mol. The predicted molar refractivity (Wildman–Crippen MR) is 69.4 cm³/mol. The van der Waals surface area contributed by atoms with Gasteiger partial charge in [-0.15, -0.1) is 11.6 Å². The summed E-state index contributed by atoms with van der Waals surface area (Å²) >= 11 is 9.81. The highest BCUT2D eigenvalue weighted by Crippen LogP contribution is 2.31. The van der Waals surface area contributed by atoms with Crippen LogP contribution in [0.3, 0.4) is 0 Å². The van der Waals surface area contributed by atoms with Gasteiger partial charge in [0, 0.05) is 9.85 Å². The lowest BCUT2D eigenvalue weighted by molar-refractivity contribution is 0.361. The van der Waals surface area contributed by atoms with E-state index in [1.54, 1.807) is 0 Å². The summed E-state index contributed by atoms with van der Waals surface area (Å²) in [6.07, 6.45) is 6.19. The van der Waals surface area contributed by atoms with Crippen molar-refractivity contribution in [1.29, 1.82) is 0 Å². The molecule has 0 saturated heterocycles. The van der Waals surface area contributed by atoms with Crippen LogP contribution in [-0.4, -0.2) is 5.38 Å². The van der Waals surface area contributed by atoms with Crippen LogP contribution in [0.15, 0.2) is 28.7 Å². The smallest absolute Gasteiger partial charge is 0.0338 e. The van der Waals surface area contributed by atoms with Crippen molar-refractivity contribution in [1.82, 2.24) is 0 Å².